The number of Topliss-reactive ketones (excluding diaryl/α,β-unsaturated/α-hetero) is 1. The molecule has 1 amide bonds. The summed E-state index contributed by atoms with van der Waals surface area (Å²) in [6.45, 7) is -0.179. The molecule has 3 rings (SSSR count). The number of carbonyl (C=O) groups is 2. The summed E-state index contributed by atoms with van der Waals surface area (Å²) >= 11 is 5.83. The Labute approximate surface area is 122 Å². The van der Waals surface area contributed by atoms with Crippen molar-refractivity contribution in [1.29, 1.82) is 0 Å². The predicted molar refractivity (Wildman–Crippen MR) is 70.1 cm³/mol. The number of fused-ring (bicyclic) bond motifs is 1. The molecule has 0 saturated carbocycles. The molecule has 0 aliphatic carbocycles. The van der Waals surface area contributed by atoms with Gasteiger partial charge in [-0.1, -0.05) is 11.6 Å². The summed E-state index contributed by atoms with van der Waals surface area (Å²) in [6, 6.07) is 1.69. The lowest BCUT2D eigenvalue weighted by Gasteiger charge is -2.16. The zero-order valence-electron chi connectivity index (χ0n) is 10.7. The van der Waals surface area contributed by atoms with E-state index in [9.17, 15) is 18.4 Å². The fraction of sp³-hybridized carbons (Fsp3) is 0.154. The fourth-order valence-electron chi connectivity index (χ4n) is 2.22. The van der Waals surface area contributed by atoms with E-state index < -0.39 is 28.9 Å². The molecule has 0 bridgehead atoms. The van der Waals surface area contributed by atoms with Gasteiger partial charge in [-0.25, -0.2) is 13.8 Å². The summed E-state index contributed by atoms with van der Waals surface area (Å²) in [7, 11) is 1.61. The number of halogens is 3. The van der Waals surface area contributed by atoms with Gasteiger partial charge in [-0.15, -0.1) is 0 Å². The third kappa shape index (κ3) is 1.92. The average Bonchev–Trinajstić information content (AvgIpc) is 2.90. The summed E-state index contributed by atoms with van der Waals surface area (Å²) in [5.41, 5.74) is -0.899. The van der Waals surface area contributed by atoms with Crippen molar-refractivity contribution < 1.29 is 18.4 Å². The highest BCUT2D eigenvalue weighted by Crippen LogP contribution is 2.34. The number of hydrogen-bond donors (Lipinski definition) is 0. The Morgan fingerprint density at radius 2 is 1.90 bits per heavy atom. The number of ketones is 1. The van der Waals surface area contributed by atoms with Gasteiger partial charge < -0.3 is 4.57 Å². The Hall–Kier alpha value is -2.28. The van der Waals surface area contributed by atoms with Gasteiger partial charge in [-0.2, -0.15) is 0 Å². The SMILES string of the molecule is Cn1c(Cl)cnc1CN1C(=O)C(=O)c2c(F)ccc(F)c21. The molecule has 0 spiro atoms. The van der Waals surface area contributed by atoms with Gasteiger partial charge in [0.15, 0.2) is 0 Å². The minimum atomic E-state index is -1.07. The van der Waals surface area contributed by atoms with E-state index in [0.29, 0.717) is 11.0 Å². The second-order valence-corrected chi connectivity index (χ2v) is 4.92. The Kier molecular flexibility index (Phi) is 3.02. The molecule has 2 heterocycles. The van der Waals surface area contributed by atoms with Gasteiger partial charge in [0.05, 0.1) is 24.0 Å². The van der Waals surface area contributed by atoms with Crippen molar-refractivity contribution >= 4 is 29.0 Å². The fourth-order valence-corrected chi connectivity index (χ4v) is 2.36. The summed E-state index contributed by atoms with van der Waals surface area (Å²) in [5.74, 6) is -3.48. The molecule has 0 unspecified atom stereocenters. The molecule has 5 nitrogen and oxygen atoms in total. The zero-order chi connectivity index (χ0) is 15.3. The molecule has 2 aromatic rings. The minimum Gasteiger partial charge on any atom is -0.321 e. The molecule has 1 aliphatic rings. The van der Waals surface area contributed by atoms with Crippen LogP contribution < -0.4 is 4.90 Å². The van der Waals surface area contributed by atoms with Crippen molar-refractivity contribution in [2.45, 2.75) is 6.54 Å². The van der Waals surface area contributed by atoms with E-state index in [1.54, 1.807) is 7.05 Å². The first-order valence-corrected chi connectivity index (χ1v) is 6.30. The summed E-state index contributed by atoms with van der Waals surface area (Å²) in [5, 5.41) is 0.322. The first-order chi connectivity index (χ1) is 9.91. The van der Waals surface area contributed by atoms with E-state index in [0.717, 1.165) is 17.0 Å². The van der Waals surface area contributed by atoms with Crippen molar-refractivity contribution in [3.8, 4) is 0 Å². The largest absolute Gasteiger partial charge is 0.321 e. The molecule has 0 fully saturated rings. The molecular formula is C13H8ClF2N3O2. The number of carbonyl (C=O) groups excluding carboxylic acids is 2. The number of aromatic nitrogens is 2. The molecule has 108 valence electrons. The lowest BCUT2D eigenvalue weighted by atomic mass is 10.1. The molecule has 0 radical (unpaired) electrons. The summed E-state index contributed by atoms with van der Waals surface area (Å²) < 4.78 is 29.1. The van der Waals surface area contributed by atoms with Gasteiger partial charge in [0.1, 0.15) is 22.6 Å². The number of amides is 1. The van der Waals surface area contributed by atoms with Crippen molar-refractivity contribution in [1.82, 2.24) is 9.55 Å². The normalized spacial score (nSPS) is 14.0. The van der Waals surface area contributed by atoms with E-state index in [4.69, 9.17) is 11.6 Å². The molecule has 0 saturated heterocycles. The van der Waals surface area contributed by atoms with Crippen LogP contribution in [0, 0.1) is 11.6 Å². The van der Waals surface area contributed by atoms with Crippen molar-refractivity contribution in [3.05, 3.63) is 46.5 Å². The van der Waals surface area contributed by atoms with Crippen LogP contribution in [-0.4, -0.2) is 21.2 Å². The molecule has 8 heteroatoms. The Bertz CT molecular complexity index is 788. The molecule has 0 atom stereocenters. The highest BCUT2D eigenvalue weighted by molar-refractivity contribution is 6.52. The van der Waals surface area contributed by atoms with Crippen LogP contribution in [-0.2, 0) is 18.4 Å². The van der Waals surface area contributed by atoms with Gasteiger partial charge in [0.25, 0.3) is 11.7 Å². The number of anilines is 1. The highest BCUT2D eigenvalue weighted by Gasteiger charge is 2.41. The average molecular weight is 312 g/mol. The quantitative estimate of drug-likeness (QED) is 0.798. The van der Waals surface area contributed by atoms with E-state index in [2.05, 4.69) is 4.98 Å². The Balaban J connectivity index is 2.10. The van der Waals surface area contributed by atoms with E-state index in [1.165, 1.54) is 10.8 Å². The third-order valence-corrected chi connectivity index (χ3v) is 3.69. The maximum absolute atomic E-state index is 13.9. The molecule has 21 heavy (non-hydrogen) atoms. The highest BCUT2D eigenvalue weighted by atomic mass is 35.5. The first kappa shape index (κ1) is 13.7. The number of imidazole rings is 1. The van der Waals surface area contributed by atoms with Crippen molar-refractivity contribution in [2.75, 3.05) is 4.90 Å². The van der Waals surface area contributed by atoms with Crippen molar-refractivity contribution in [2.24, 2.45) is 7.05 Å². The summed E-state index contributed by atoms with van der Waals surface area (Å²) in [6.07, 6.45) is 1.36. The van der Waals surface area contributed by atoms with Crippen LogP contribution in [0.3, 0.4) is 0 Å². The minimum absolute atomic E-state index is 0.179. The standard InChI is InChI=1S/C13H8ClF2N3O2/c1-18-8(14)4-17-9(18)5-19-11-7(16)3-2-6(15)10(11)12(20)13(19)21/h2-4H,5H2,1H3. The first-order valence-electron chi connectivity index (χ1n) is 5.92. The molecule has 1 aromatic carbocycles. The molecule has 1 aliphatic heterocycles. The molecular weight excluding hydrogens is 304 g/mol. The van der Waals surface area contributed by atoms with Crippen molar-refractivity contribution in [3.63, 3.8) is 0 Å². The van der Waals surface area contributed by atoms with Gasteiger partial charge in [0, 0.05) is 7.05 Å². The second kappa shape index (κ2) is 4.63. The smallest absolute Gasteiger partial charge is 0.300 e. The topological polar surface area (TPSA) is 55.2 Å². The van der Waals surface area contributed by atoms with Gasteiger partial charge in [0.2, 0.25) is 0 Å². The number of hydrogen-bond acceptors (Lipinski definition) is 3. The van der Waals surface area contributed by atoms with Crippen LogP contribution in [0.2, 0.25) is 5.15 Å². The summed E-state index contributed by atoms with van der Waals surface area (Å²) in [4.78, 5) is 28.6. The number of rotatable bonds is 2. The van der Waals surface area contributed by atoms with Crippen LogP contribution in [0.4, 0.5) is 14.5 Å². The van der Waals surface area contributed by atoms with E-state index in [-0.39, 0.29) is 12.2 Å². The third-order valence-electron chi connectivity index (χ3n) is 3.34. The van der Waals surface area contributed by atoms with Gasteiger partial charge in [-0.05, 0) is 12.1 Å². The Morgan fingerprint density at radius 3 is 2.52 bits per heavy atom. The molecule has 1 aromatic heterocycles. The van der Waals surface area contributed by atoms with Crippen LogP contribution in [0.15, 0.2) is 18.3 Å². The van der Waals surface area contributed by atoms with Gasteiger partial charge in [-0.3, -0.25) is 14.5 Å². The lowest BCUT2D eigenvalue weighted by molar-refractivity contribution is -0.114. The van der Waals surface area contributed by atoms with E-state index >= 15 is 0 Å². The number of nitrogens with zero attached hydrogens (tertiary/aromatic N) is 3. The van der Waals surface area contributed by atoms with E-state index in [1.807, 2.05) is 0 Å². The maximum Gasteiger partial charge on any atom is 0.300 e. The number of benzene rings is 1. The predicted octanol–water partition coefficient (Wildman–Crippen LogP) is 2.08. The van der Waals surface area contributed by atoms with Gasteiger partial charge >= 0.3 is 0 Å². The lowest BCUT2D eigenvalue weighted by Crippen LogP contribution is -2.30. The van der Waals surface area contributed by atoms with Crippen LogP contribution in [0.1, 0.15) is 16.2 Å². The van der Waals surface area contributed by atoms with Crippen LogP contribution in [0.5, 0.6) is 0 Å². The van der Waals surface area contributed by atoms with Crippen LogP contribution in [0.25, 0.3) is 0 Å². The Morgan fingerprint density at radius 1 is 1.24 bits per heavy atom. The zero-order valence-corrected chi connectivity index (χ0v) is 11.5. The maximum atomic E-state index is 13.9. The monoisotopic (exact) mass is 311 g/mol. The second-order valence-electron chi connectivity index (χ2n) is 4.53. The molecule has 0 N–H and O–H groups in total. The van der Waals surface area contributed by atoms with Crippen LogP contribution >= 0.6 is 11.6 Å².